The molecular formula is C15H20N4O3. The van der Waals surface area contributed by atoms with Gasteiger partial charge in [-0.2, -0.15) is 5.10 Å². The van der Waals surface area contributed by atoms with E-state index >= 15 is 0 Å². The van der Waals surface area contributed by atoms with Crippen LogP contribution in [0.2, 0.25) is 0 Å². The highest BCUT2D eigenvalue weighted by Crippen LogP contribution is 2.30. The Morgan fingerprint density at radius 2 is 2.36 bits per heavy atom. The summed E-state index contributed by atoms with van der Waals surface area (Å²) >= 11 is 0. The van der Waals surface area contributed by atoms with Gasteiger partial charge in [-0.15, -0.1) is 0 Å². The highest BCUT2D eigenvalue weighted by Gasteiger charge is 2.28. The second-order valence-electron chi connectivity index (χ2n) is 5.52. The molecular weight excluding hydrogens is 284 g/mol. The minimum atomic E-state index is -0.453. The summed E-state index contributed by atoms with van der Waals surface area (Å²) in [5.41, 5.74) is 0. The normalized spacial score (nSPS) is 19.3. The molecule has 0 radical (unpaired) electrons. The van der Waals surface area contributed by atoms with Gasteiger partial charge in [-0.3, -0.25) is 10.00 Å². The van der Waals surface area contributed by atoms with Crippen LogP contribution in [-0.2, 0) is 11.3 Å². The molecule has 0 spiro atoms. The maximum absolute atomic E-state index is 11.5. The van der Waals surface area contributed by atoms with Crippen LogP contribution in [0.1, 0.15) is 53.3 Å². The van der Waals surface area contributed by atoms with Gasteiger partial charge in [-0.25, -0.2) is 9.78 Å². The van der Waals surface area contributed by atoms with Gasteiger partial charge < -0.3 is 9.15 Å². The molecule has 1 fully saturated rings. The Bertz CT molecular complexity index is 649. The third-order valence-corrected chi connectivity index (χ3v) is 3.93. The highest BCUT2D eigenvalue weighted by atomic mass is 16.5. The molecule has 7 heteroatoms. The smallest absolute Gasteiger partial charge is 0.373 e. The third-order valence-electron chi connectivity index (χ3n) is 3.93. The Balaban J connectivity index is 1.74. The number of H-pyrrole nitrogens is 1. The van der Waals surface area contributed by atoms with Crippen LogP contribution in [0.3, 0.4) is 0 Å². The zero-order valence-corrected chi connectivity index (χ0v) is 12.8. The topological polar surface area (TPSA) is 84.2 Å². The van der Waals surface area contributed by atoms with E-state index in [0.29, 0.717) is 6.54 Å². The summed E-state index contributed by atoms with van der Waals surface area (Å²) in [6.07, 6.45) is 3.34. The second kappa shape index (κ2) is 6.31. The molecule has 1 N–H and O–H groups in total. The molecule has 1 aliphatic heterocycles. The van der Waals surface area contributed by atoms with Gasteiger partial charge >= 0.3 is 5.97 Å². The number of furan rings is 1. The van der Waals surface area contributed by atoms with Gasteiger partial charge in [-0.05, 0) is 38.4 Å². The number of aromatic amines is 1. The van der Waals surface area contributed by atoms with E-state index in [9.17, 15) is 4.79 Å². The van der Waals surface area contributed by atoms with Crippen molar-refractivity contribution in [3.05, 3.63) is 35.3 Å². The number of carbonyl (C=O) groups excluding carboxylic acids is 1. The Morgan fingerprint density at radius 3 is 3.09 bits per heavy atom. The first-order valence-electron chi connectivity index (χ1n) is 7.47. The van der Waals surface area contributed by atoms with Crippen LogP contribution >= 0.6 is 0 Å². The van der Waals surface area contributed by atoms with Gasteiger partial charge in [0.15, 0.2) is 5.82 Å². The molecule has 1 atom stereocenters. The van der Waals surface area contributed by atoms with Crippen LogP contribution in [-0.4, -0.2) is 39.7 Å². The molecule has 22 heavy (non-hydrogen) atoms. The van der Waals surface area contributed by atoms with Gasteiger partial charge in [0.25, 0.3) is 0 Å². The quantitative estimate of drug-likeness (QED) is 0.872. The minimum absolute atomic E-state index is 0.186. The Morgan fingerprint density at radius 1 is 1.50 bits per heavy atom. The first-order valence-corrected chi connectivity index (χ1v) is 7.47. The third kappa shape index (κ3) is 3.04. The first-order chi connectivity index (χ1) is 10.7. The monoisotopic (exact) mass is 304 g/mol. The number of likely N-dealkylation sites (tertiary alicyclic amines) is 1. The lowest BCUT2D eigenvalue weighted by Crippen LogP contribution is -2.33. The Hall–Kier alpha value is -2.15. The lowest BCUT2D eigenvalue weighted by atomic mass is 10.0. The van der Waals surface area contributed by atoms with Crippen molar-refractivity contribution in [2.24, 2.45) is 0 Å². The van der Waals surface area contributed by atoms with E-state index in [0.717, 1.165) is 36.8 Å². The fourth-order valence-electron chi connectivity index (χ4n) is 2.86. The molecule has 1 unspecified atom stereocenters. The van der Waals surface area contributed by atoms with Crippen molar-refractivity contribution in [1.82, 2.24) is 20.1 Å². The van der Waals surface area contributed by atoms with Crippen molar-refractivity contribution in [2.45, 2.75) is 38.8 Å². The predicted octanol–water partition coefficient (Wildman–Crippen LogP) is 2.22. The summed E-state index contributed by atoms with van der Waals surface area (Å²) in [7, 11) is 1.34. The zero-order valence-electron chi connectivity index (χ0n) is 12.8. The van der Waals surface area contributed by atoms with Crippen LogP contribution in [0.5, 0.6) is 0 Å². The molecule has 0 amide bonds. The van der Waals surface area contributed by atoms with E-state index in [1.807, 2.05) is 13.0 Å². The van der Waals surface area contributed by atoms with Gasteiger partial charge in [-0.1, -0.05) is 6.42 Å². The lowest BCUT2D eigenvalue weighted by molar-refractivity contribution is 0.0558. The molecule has 7 nitrogen and oxygen atoms in total. The van der Waals surface area contributed by atoms with Crippen LogP contribution in [0.25, 0.3) is 0 Å². The van der Waals surface area contributed by atoms with Gasteiger partial charge in [0.1, 0.15) is 11.6 Å². The number of esters is 1. The number of ether oxygens (including phenoxy) is 1. The van der Waals surface area contributed by atoms with Gasteiger partial charge in [0.2, 0.25) is 5.76 Å². The first kappa shape index (κ1) is 14.8. The molecule has 3 heterocycles. The largest absolute Gasteiger partial charge is 0.463 e. The van der Waals surface area contributed by atoms with E-state index in [1.165, 1.54) is 13.5 Å². The maximum atomic E-state index is 11.5. The fourth-order valence-corrected chi connectivity index (χ4v) is 2.86. The summed E-state index contributed by atoms with van der Waals surface area (Å²) in [4.78, 5) is 18.2. The van der Waals surface area contributed by atoms with Crippen LogP contribution in [0, 0.1) is 6.92 Å². The van der Waals surface area contributed by atoms with Crippen molar-refractivity contribution in [3.8, 4) is 0 Å². The molecule has 0 aromatic carbocycles. The number of carbonyl (C=O) groups is 1. The number of hydrogen-bond donors (Lipinski definition) is 1. The molecule has 3 rings (SSSR count). The Kier molecular flexibility index (Phi) is 4.24. The summed E-state index contributed by atoms with van der Waals surface area (Å²) < 4.78 is 10.2. The van der Waals surface area contributed by atoms with Crippen LogP contribution in [0.4, 0.5) is 0 Å². The van der Waals surface area contributed by atoms with Gasteiger partial charge in [0.05, 0.1) is 19.7 Å². The van der Waals surface area contributed by atoms with E-state index in [-0.39, 0.29) is 11.8 Å². The number of nitrogens with one attached hydrogen (secondary N) is 1. The van der Waals surface area contributed by atoms with Crippen LogP contribution in [0.15, 0.2) is 16.5 Å². The van der Waals surface area contributed by atoms with E-state index in [4.69, 9.17) is 4.42 Å². The molecule has 2 aromatic heterocycles. The molecule has 1 saturated heterocycles. The number of hydrogen-bond acceptors (Lipinski definition) is 6. The summed E-state index contributed by atoms with van der Waals surface area (Å²) in [6.45, 7) is 3.50. The van der Waals surface area contributed by atoms with Crippen molar-refractivity contribution in [2.75, 3.05) is 13.7 Å². The van der Waals surface area contributed by atoms with E-state index < -0.39 is 5.97 Å². The predicted molar refractivity (Wildman–Crippen MR) is 78.2 cm³/mol. The number of piperidine rings is 1. The molecule has 0 aliphatic carbocycles. The molecule has 118 valence electrons. The standard InChI is InChI=1S/C15H20N4O3/c1-10-16-14(18-17-10)12-5-3-4-8-19(12)9-11-6-7-13(22-11)15(20)21-2/h6-7,12H,3-5,8-9H2,1-2H3,(H,16,17,18). The highest BCUT2D eigenvalue weighted by molar-refractivity contribution is 5.86. The summed E-state index contributed by atoms with van der Waals surface area (Å²) in [5, 5.41) is 7.20. The fraction of sp³-hybridized carbons (Fsp3) is 0.533. The number of aryl methyl sites for hydroxylation is 1. The SMILES string of the molecule is COC(=O)c1ccc(CN2CCCCC2c2n[nH]c(C)n2)o1. The Labute approximate surface area is 128 Å². The average molecular weight is 304 g/mol. The lowest BCUT2D eigenvalue weighted by Gasteiger charge is -2.33. The molecule has 2 aromatic rings. The molecule has 1 aliphatic rings. The van der Waals surface area contributed by atoms with Crippen molar-refractivity contribution >= 4 is 5.97 Å². The van der Waals surface area contributed by atoms with Crippen molar-refractivity contribution in [3.63, 3.8) is 0 Å². The van der Waals surface area contributed by atoms with Crippen LogP contribution < -0.4 is 0 Å². The average Bonchev–Trinajstić information content (AvgIpc) is 3.16. The van der Waals surface area contributed by atoms with E-state index in [1.54, 1.807) is 6.07 Å². The van der Waals surface area contributed by atoms with Crippen molar-refractivity contribution < 1.29 is 13.9 Å². The number of methoxy groups -OCH3 is 1. The number of rotatable bonds is 4. The number of aromatic nitrogens is 3. The molecule has 0 saturated carbocycles. The zero-order chi connectivity index (χ0) is 15.5. The summed E-state index contributed by atoms with van der Waals surface area (Å²) in [5.74, 6) is 2.19. The maximum Gasteiger partial charge on any atom is 0.373 e. The molecule has 0 bridgehead atoms. The van der Waals surface area contributed by atoms with Gasteiger partial charge in [0, 0.05) is 0 Å². The van der Waals surface area contributed by atoms with Crippen molar-refractivity contribution in [1.29, 1.82) is 0 Å². The summed E-state index contributed by atoms with van der Waals surface area (Å²) in [6, 6.07) is 3.66. The van der Waals surface area contributed by atoms with E-state index in [2.05, 4.69) is 24.8 Å². The second-order valence-corrected chi connectivity index (χ2v) is 5.52. The number of nitrogens with zero attached hydrogens (tertiary/aromatic N) is 3. The minimum Gasteiger partial charge on any atom is -0.463 e.